The van der Waals surface area contributed by atoms with Crippen LogP contribution in [-0.4, -0.2) is 68.5 Å². The summed E-state index contributed by atoms with van der Waals surface area (Å²) in [6.07, 6.45) is 79.3. The second-order valence-electron chi connectivity index (χ2n) is 24.2. The molecule has 0 aromatic carbocycles. The van der Waals surface area contributed by atoms with Gasteiger partial charge in [-0.2, -0.15) is 0 Å². The fourth-order valence-electron chi connectivity index (χ4n) is 10.0. The summed E-state index contributed by atoms with van der Waals surface area (Å²) in [7, 11) is 1.27. The number of quaternary nitrogens is 1. The van der Waals surface area contributed by atoms with Crippen LogP contribution in [-0.2, 0) is 18.4 Å². The maximum atomic E-state index is 13.0. The molecule has 0 aromatic rings. The fourth-order valence-corrected chi connectivity index (χ4v) is 10.8. The second kappa shape index (κ2) is 59.1. The van der Waals surface area contributed by atoms with E-state index >= 15 is 0 Å². The van der Waals surface area contributed by atoms with E-state index in [-0.39, 0.29) is 19.1 Å². The molecule has 0 heterocycles. The lowest BCUT2D eigenvalue weighted by molar-refractivity contribution is -0.870. The van der Waals surface area contributed by atoms with Crippen molar-refractivity contribution >= 4 is 13.7 Å². The number of aliphatic hydroxyl groups is 1. The number of hydrogen-bond donors (Lipinski definition) is 2. The zero-order chi connectivity index (χ0) is 56.3. The first-order valence-corrected chi connectivity index (χ1v) is 35.0. The van der Waals surface area contributed by atoms with Gasteiger partial charge in [0.25, 0.3) is 7.82 Å². The first-order chi connectivity index (χ1) is 37.5. The van der Waals surface area contributed by atoms with Crippen LogP contribution in [0.3, 0.4) is 0 Å². The van der Waals surface area contributed by atoms with Crippen molar-refractivity contribution in [3.8, 4) is 0 Å². The van der Waals surface area contributed by atoms with Crippen molar-refractivity contribution in [1.82, 2.24) is 5.32 Å². The Hall–Kier alpha value is -1.54. The first kappa shape index (κ1) is 75.5. The molecule has 3 atom stereocenters. The number of unbranched alkanes of at least 4 members (excludes halogenated alkanes) is 43. The molecule has 0 aliphatic carbocycles. The van der Waals surface area contributed by atoms with Crippen LogP contribution in [0.4, 0.5) is 0 Å². The van der Waals surface area contributed by atoms with Crippen LogP contribution in [0, 0.1) is 0 Å². The third-order valence-electron chi connectivity index (χ3n) is 15.3. The summed E-state index contributed by atoms with van der Waals surface area (Å²) in [6, 6.07) is -0.888. The number of nitrogens with zero attached hydrogens (tertiary/aromatic N) is 1. The monoisotopic (exact) mass is 1100 g/mol. The maximum absolute atomic E-state index is 13.0. The van der Waals surface area contributed by atoms with Crippen molar-refractivity contribution in [1.29, 1.82) is 0 Å². The molecule has 1 amide bonds. The molecule has 0 radical (unpaired) electrons. The van der Waals surface area contributed by atoms with Crippen molar-refractivity contribution in [2.24, 2.45) is 0 Å². The van der Waals surface area contributed by atoms with E-state index in [4.69, 9.17) is 9.05 Å². The van der Waals surface area contributed by atoms with Crippen LogP contribution >= 0.6 is 7.82 Å². The predicted molar refractivity (Wildman–Crippen MR) is 334 cm³/mol. The van der Waals surface area contributed by atoms with E-state index < -0.39 is 20.0 Å². The normalized spacial score (nSPS) is 14.0. The number of phosphoric acid groups is 1. The lowest BCUT2D eigenvalue weighted by Gasteiger charge is -2.29. The summed E-state index contributed by atoms with van der Waals surface area (Å²) in [4.78, 5) is 25.6. The fraction of sp³-hybridized carbons (Fsp3) is 0.868. The summed E-state index contributed by atoms with van der Waals surface area (Å²) in [6.45, 7) is 4.68. The van der Waals surface area contributed by atoms with Gasteiger partial charge >= 0.3 is 0 Å². The minimum absolute atomic E-state index is 0.000318. The van der Waals surface area contributed by atoms with E-state index in [1.807, 2.05) is 27.2 Å². The molecule has 0 saturated carbocycles. The molecule has 9 heteroatoms. The number of phosphoric ester groups is 1. The third-order valence-corrected chi connectivity index (χ3v) is 16.2. The highest BCUT2D eigenvalue weighted by Gasteiger charge is 2.23. The number of hydrogen-bond acceptors (Lipinski definition) is 6. The molecule has 0 fully saturated rings. The van der Waals surface area contributed by atoms with Gasteiger partial charge in [-0.3, -0.25) is 9.36 Å². The molecule has 0 aliphatic heterocycles. The molecular weight excluding hydrogens is 972 g/mol. The van der Waals surface area contributed by atoms with E-state index in [0.717, 1.165) is 51.4 Å². The Morgan fingerprint density at radius 3 is 1.09 bits per heavy atom. The van der Waals surface area contributed by atoms with E-state index in [0.29, 0.717) is 17.4 Å². The molecule has 0 aromatic heterocycles. The molecule has 77 heavy (non-hydrogen) atoms. The van der Waals surface area contributed by atoms with Crippen LogP contribution in [0.1, 0.15) is 328 Å². The van der Waals surface area contributed by atoms with E-state index in [9.17, 15) is 19.4 Å². The van der Waals surface area contributed by atoms with Gasteiger partial charge in [-0.05, 0) is 57.8 Å². The van der Waals surface area contributed by atoms with E-state index in [1.165, 1.54) is 257 Å². The number of carbonyl (C=O) groups is 1. The largest absolute Gasteiger partial charge is 0.756 e. The van der Waals surface area contributed by atoms with Crippen LogP contribution in [0.15, 0.2) is 48.6 Å². The summed E-state index contributed by atoms with van der Waals surface area (Å²) in [5.74, 6) is -0.193. The molecule has 3 unspecified atom stereocenters. The average Bonchev–Trinajstić information content (AvgIpc) is 3.39. The van der Waals surface area contributed by atoms with Crippen molar-refractivity contribution in [3.63, 3.8) is 0 Å². The Labute approximate surface area is 479 Å². The Bertz CT molecular complexity index is 1390. The minimum atomic E-state index is -4.60. The Balaban J connectivity index is 4.09. The first-order valence-electron chi connectivity index (χ1n) is 33.5. The molecule has 8 nitrogen and oxygen atoms in total. The number of nitrogens with one attached hydrogen (secondary N) is 1. The van der Waals surface area contributed by atoms with Crippen molar-refractivity contribution in [3.05, 3.63) is 48.6 Å². The van der Waals surface area contributed by atoms with Crippen molar-refractivity contribution in [2.45, 2.75) is 341 Å². The number of allylic oxidation sites excluding steroid dienone is 7. The zero-order valence-corrected chi connectivity index (χ0v) is 52.8. The van der Waals surface area contributed by atoms with Crippen molar-refractivity contribution < 1.29 is 32.9 Å². The molecule has 0 saturated heterocycles. The minimum Gasteiger partial charge on any atom is -0.756 e. The molecule has 0 rings (SSSR count). The molecule has 0 aliphatic rings. The highest BCUT2D eigenvalue weighted by Crippen LogP contribution is 2.38. The zero-order valence-electron chi connectivity index (χ0n) is 51.9. The Morgan fingerprint density at radius 2 is 0.753 bits per heavy atom. The smallest absolute Gasteiger partial charge is 0.268 e. The van der Waals surface area contributed by atoms with Crippen LogP contribution < -0.4 is 10.2 Å². The predicted octanol–water partition coefficient (Wildman–Crippen LogP) is 20.4. The highest BCUT2D eigenvalue weighted by molar-refractivity contribution is 7.45. The molecule has 0 spiro atoms. The maximum Gasteiger partial charge on any atom is 0.268 e. The number of carbonyl (C=O) groups excluding carboxylic acids is 1. The summed E-state index contributed by atoms with van der Waals surface area (Å²) in [5.41, 5.74) is 0. The van der Waals surface area contributed by atoms with Gasteiger partial charge in [0.05, 0.1) is 39.9 Å². The van der Waals surface area contributed by atoms with Gasteiger partial charge in [0.1, 0.15) is 13.2 Å². The standard InChI is InChI=1S/C68H131N2O6P/c1-6-8-10-12-14-16-18-20-22-24-26-28-30-32-33-34-35-36-37-38-40-42-44-46-48-50-52-54-56-58-60-62-68(72)69-66(65-76-77(73,74)75-64-63-70(3,4)5)67(71)61-59-57-55-53-51-49-47-45-43-41-39-31-29-27-25-23-21-19-17-15-13-11-9-7-2/h18,20,24,26,30,32,59,61,66-67,71H,6-17,19,21-23,25,27-29,31,33-58,60,62-65H2,1-5H3,(H-,69,72,73,74)/b20-18-,26-24-,32-30-,61-59+. The van der Waals surface area contributed by atoms with Crippen LogP contribution in [0.5, 0.6) is 0 Å². The third kappa shape index (κ3) is 61.9. The van der Waals surface area contributed by atoms with Crippen molar-refractivity contribution in [2.75, 3.05) is 40.9 Å². The van der Waals surface area contributed by atoms with Gasteiger partial charge in [-0.1, -0.05) is 313 Å². The lowest BCUT2D eigenvalue weighted by atomic mass is 10.0. The second-order valence-corrected chi connectivity index (χ2v) is 25.6. The molecule has 454 valence electrons. The van der Waals surface area contributed by atoms with Crippen LogP contribution in [0.2, 0.25) is 0 Å². The molecule has 0 bridgehead atoms. The van der Waals surface area contributed by atoms with Gasteiger partial charge in [-0.15, -0.1) is 0 Å². The number of aliphatic hydroxyl groups excluding tert-OH is 1. The van der Waals surface area contributed by atoms with Gasteiger partial charge in [0, 0.05) is 6.42 Å². The lowest BCUT2D eigenvalue weighted by Crippen LogP contribution is -2.45. The number of likely N-dealkylation sites (N-methyl/N-ethyl adjacent to an activating group) is 1. The molecule has 2 N–H and O–H groups in total. The van der Waals surface area contributed by atoms with E-state index in [2.05, 4.69) is 55.6 Å². The Morgan fingerprint density at radius 1 is 0.455 bits per heavy atom. The quantitative estimate of drug-likeness (QED) is 0.0272. The van der Waals surface area contributed by atoms with Gasteiger partial charge in [0.2, 0.25) is 5.91 Å². The summed E-state index contributed by atoms with van der Waals surface area (Å²) < 4.78 is 23.4. The number of rotatable bonds is 62. The Kier molecular flexibility index (Phi) is 57.9. The van der Waals surface area contributed by atoms with Gasteiger partial charge in [0.15, 0.2) is 0 Å². The summed E-state index contributed by atoms with van der Waals surface area (Å²) >= 11 is 0. The summed E-state index contributed by atoms with van der Waals surface area (Å²) in [5, 5.41) is 14.0. The van der Waals surface area contributed by atoms with Gasteiger partial charge in [-0.25, -0.2) is 0 Å². The van der Waals surface area contributed by atoms with Crippen LogP contribution in [0.25, 0.3) is 0 Å². The average molecular weight is 1100 g/mol. The van der Waals surface area contributed by atoms with E-state index in [1.54, 1.807) is 6.08 Å². The van der Waals surface area contributed by atoms with Gasteiger partial charge < -0.3 is 28.8 Å². The highest BCUT2D eigenvalue weighted by atomic mass is 31.2. The number of amides is 1. The SMILES string of the molecule is CCCCCCC/C=C\C/C=C\C/C=C\CCCCCCCCCCCCCCCCCCC(=O)NC(COP(=O)([O-])OCC[N+](C)(C)C)C(O)/C=C/CCCCCCCCCCCCCCCCCCCCCCCC. The molecular formula is C68H131N2O6P. The topological polar surface area (TPSA) is 108 Å².